The summed E-state index contributed by atoms with van der Waals surface area (Å²) < 4.78 is 43.6. The molecule has 0 unspecified atom stereocenters. The zero-order valence-electron chi connectivity index (χ0n) is 13.9. The van der Waals surface area contributed by atoms with Crippen molar-refractivity contribution in [1.82, 2.24) is 5.32 Å². The molecule has 2 rings (SSSR count). The van der Waals surface area contributed by atoms with Crippen LogP contribution >= 0.6 is 0 Å². The first kappa shape index (κ1) is 18.8. The first-order valence-corrected chi connectivity index (χ1v) is 8.07. The minimum Gasteiger partial charge on any atom is -0.494 e. The Labute approximate surface area is 144 Å². The summed E-state index contributed by atoms with van der Waals surface area (Å²) in [7, 11) is 0. The second-order valence-electron chi connectivity index (χ2n) is 5.61. The van der Waals surface area contributed by atoms with Gasteiger partial charge in [-0.2, -0.15) is 13.2 Å². The number of carbonyl (C=O) groups is 1. The van der Waals surface area contributed by atoms with Crippen molar-refractivity contribution in [3.63, 3.8) is 0 Å². The number of nitrogens with one attached hydrogen (secondary N) is 1. The van der Waals surface area contributed by atoms with Crippen molar-refractivity contribution in [2.75, 3.05) is 6.61 Å². The van der Waals surface area contributed by atoms with Gasteiger partial charge in [-0.25, -0.2) is 0 Å². The fourth-order valence-electron chi connectivity index (χ4n) is 2.16. The van der Waals surface area contributed by atoms with Crippen molar-refractivity contribution in [2.24, 2.45) is 0 Å². The Kier molecular flexibility index (Phi) is 6.44. The van der Waals surface area contributed by atoms with Gasteiger partial charge in [0.15, 0.2) is 0 Å². The van der Waals surface area contributed by atoms with Crippen molar-refractivity contribution in [2.45, 2.75) is 32.5 Å². The lowest BCUT2D eigenvalue weighted by atomic mass is 10.1. The van der Waals surface area contributed by atoms with Gasteiger partial charge in [0.1, 0.15) is 5.75 Å². The zero-order chi connectivity index (χ0) is 18.3. The van der Waals surface area contributed by atoms with Gasteiger partial charge in [-0.1, -0.05) is 31.5 Å². The van der Waals surface area contributed by atoms with Crippen LogP contribution in [0, 0.1) is 0 Å². The molecule has 134 valence electrons. The lowest BCUT2D eigenvalue weighted by Crippen LogP contribution is -2.23. The third-order valence-electron chi connectivity index (χ3n) is 3.60. The number of amides is 1. The summed E-state index contributed by atoms with van der Waals surface area (Å²) in [6, 6.07) is 11.6. The van der Waals surface area contributed by atoms with Crippen molar-refractivity contribution < 1.29 is 22.7 Å². The van der Waals surface area contributed by atoms with Crippen LogP contribution in [0.25, 0.3) is 0 Å². The quantitative estimate of drug-likeness (QED) is 0.727. The molecule has 0 aliphatic rings. The van der Waals surface area contributed by atoms with Crippen molar-refractivity contribution in [3.8, 4) is 5.75 Å². The van der Waals surface area contributed by atoms with Crippen LogP contribution in [0.3, 0.4) is 0 Å². The Morgan fingerprint density at radius 2 is 1.84 bits per heavy atom. The summed E-state index contributed by atoms with van der Waals surface area (Å²) in [6.45, 7) is 2.96. The number of ether oxygens (including phenoxy) is 1. The second-order valence-corrected chi connectivity index (χ2v) is 5.61. The van der Waals surface area contributed by atoms with Gasteiger partial charge in [0.25, 0.3) is 5.91 Å². The standard InChI is InChI=1S/C19H20F3NO2/c1-2-3-11-25-17-9-7-14(8-10-17)13-23-18(24)15-5-4-6-16(12-15)19(20,21)22/h4-10,12H,2-3,11,13H2,1H3,(H,23,24). The second kappa shape index (κ2) is 8.55. The Hall–Kier alpha value is -2.50. The molecular formula is C19H20F3NO2. The summed E-state index contributed by atoms with van der Waals surface area (Å²) in [5, 5.41) is 2.62. The zero-order valence-corrected chi connectivity index (χ0v) is 13.9. The maximum atomic E-state index is 12.7. The van der Waals surface area contributed by atoms with Crippen LogP contribution < -0.4 is 10.1 Å². The fourth-order valence-corrected chi connectivity index (χ4v) is 2.16. The number of halogens is 3. The van der Waals surface area contributed by atoms with E-state index in [1.54, 1.807) is 12.1 Å². The van der Waals surface area contributed by atoms with E-state index in [4.69, 9.17) is 4.74 Å². The summed E-state index contributed by atoms with van der Waals surface area (Å²) in [4.78, 5) is 12.0. The molecule has 0 saturated heterocycles. The number of rotatable bonds is 7. The van der Waals surface area contributed by atoms with Gasteiger partial charge in [0.2, 0.25) is 0 Å². The van der Waals surface area contributed by atoms with Gasteiger partial charge < -0.3 is 10.1 Å². The number of hydrogen-bond donors (Lipinski definition) is 1. The van der Waals surface area contributed by atoms with E-state index >= 15 is 0 Å². The van der Waals surface area contributed by atoms with E-state index in [0.29, 0.717) is 6.61 Å². The Balaban J connectivity index is 1.91. The predicted molar refractivity (Wildman–Crippen MR) is 89.5 cm³/mol. The molecule has 25 heavy (non-hydrogen) atoms. The average Bonchev–Trinajstić information content (AvgIpc) is 2.60. The first-order chi connectivity index (χ1) is 11.9. The molecule has 0 bridgehead atoms. The topological polar surface area (TPSA) is 38.3 Å². The highest BCUT2D eigenvalue weighted by atomic mass is 19.4. The maximum Gasteiger partial charge on any atom is 0.416 e. The molecule has 1 amide bonds. The highest BCUT2D eigenvalue weighted by molar-refractivity contribution is 5.94. The molecule has 0 radical (unpaired) electrons. The molecule has 6 heteroatoms. The molecule has 0 atom stereocenters. The Bertz CT molecular complexity index is 697. The highest BCUT2D eigenvalue weighted by Gasteiger charge is 2.30. The third kappa shape index (κ3) is 5.81. The highest BCUT2D eigenvalue weighted by Crippen LogP contribution is 2.29. The number of carbonyl (C=O) groups excluding carboxylic acids is 1. The SMILES string of the molecule is CCCCOc1ccc(CNC(=O)c2cccc(C(F)(F)F)c2)cc1. The minimum atomic E-state index is -4.47. The molecule has 2 aromatic rings. The van der Waals surface area contributed by atoms with E-state index in [1.165, 1.54) is 12.1 Å². The van der Waals surface area contributed by atoms with E-state index in [2.05, 4.69) is 12.2 Å². The molecule has 3 nitrogen and oxygen atoms in total. The van der Waals surface area contributed by atoms with Gasteiger partial charge in [0, 0.05) is 12.1 Å². The van der Waals surface area contributed by atoms with Crippen LogP contribution in [0.2, 0.25) is 0 Å². The summed E-state index contributed by atoms with van der Waals surface area (Å²) >= 11 is 0. The average molecular weight is 351 g/mol. The number of unbranched alkanes of at least 4 members (excludes halogenated alkanes) is 1. The number of alkyl halides is 3. The van der Waals surface area contributed by atoms with Crippen LogP contribution in [0.4, 0.5) is 13.2 Å². The predicted octanol–water partition coefficient (Wildman–Crippen LogP) is 4.81. The number of benzene rings is 2. The molecule has 0 aliphatic heterocycles. The monoisotopic (exact) mass is 351 g/mol. The molecule has 0 aromatic heterocycles. The Morgan fingerprint density at radius 1 is 1.12 bits per heavy atom. The molecule has 2 aromatic carbocycles. The Morgan fingerprint density at radius 3 is 2.48 bits per heavy atom. The number of hydrogen-bond acceptors (Lipinski definition) is 2. The van der Waals surface area contributed by atoms with Crippen LogP contribution in [0.5, 0.6) is 5.75 Å². The van der Waals surface area contributed by atoms with E-state index < -0.39 is 17.6 Å². The molecule has 0 spiro atoms. The lowest BCUT2D eigenvalue weighted by molar-refractivity contribution is -0.137. The van der Waals surface area contributed by atoms with Gasteiger partial charge in [-0.15, -0.1) is 0 Å². The minimum absolute atomic E-state index is 0.0191. The molecular weight excluding hydrogens is 331 g/mol. The first-order valence-electron chi connectivity index (χ1n) is 8.07. The lowest BCUT2D eigenvalue weighted by Gasteiger charge is -2.10. The van der Waals surface area contributed by atoms with Gasteiger partial charge >= 0.3 is 6.18 Å². The van der Waals surface area contributed by atoms with Crippen molar-refractivity contribution in [1.29, 1.82) is 0 Å². The van der Waals surface area contributed by atoms with Crippen molar-refractivity contribution in [3.05, 3.63) is 65.2 Å². The van der Waals surface area contributed by atoms with E-state index in [1.807, 2.05) is 12.1 Å². The van der Waals surface area contributed by atoms with Gasteiger partial charge in [0.05, 0.1) is 12.2 Å². The summed E-state index contributed by atoms with van der Waals surface area (Å²) in [5.41, 5.74) is -0.0220. The smallest absolute Gasteiger partial charge is 0.416 e. The van der Waals surface area contributed by atoms with Crippen LogP contribution in [-0.2, 0) is 12.7 Å². The third-order valence-corrected chi connectivity index (χ3v) is 3.60. The van der Waals surface area contributed by atoms with Gasteiger partial charge in [-0.05, 0) is 42.3 Å². The van der Waals surface area contributed by atoms with E-state index in [9.17, 15) is 18.0 Å². The normalized spacial score (nSPS) is 11.2. The van der Waals surface area contributed by atoms with E-state index in [0.717, 1.165) is 36.3 Å². The molecule has 0 heterocycles. The van der Waals surface area contributed by atoms with Crippen LogP contribution in [-0.4, -0.2) is 12.5 Å². The largest absolute Gasteiger partial charge is 0.494 e. The molecule has 0 aliphatic carbocycles. The van der Waals surface area contributed by atoms with Crippen LogP contribution in [0.15, 0.2) is 48.5 Å². The molecule has 1 N–H and O–H groups in total. The fraction of sp³-hybridized carbons (Fsp3) is 0.316. The van der Waals surface area contributed by atoms with E-state index in [-0.39, 0.29) is 12.1 Å². The maximum absolute atomic E-state index is 12.7. The molecule has 0 saturated carbocycles. The van der Waals surface area contributed by atoms with Gasteiger partial charge in [-0.3, -0.25) is 4.79 Å². The summed E-state index contributed by atoms with van der Waals surface area (Å²) in [5.74, 6) is 0.204. The van der Waals surface area contributed by atoms with Crippen molar-refractivity contribution >= 4 is 5.91 Å². The van der Waals surface area contributed by atoms with Crippen LogP contribution in [0.1, 0.15) is 41.3 Å². The summed E-state index contributed by atoms with van der Waals surface area (Å²) in [6.07, 6.45) is -2.43. The molecule has 0 fully saturated rings.